The largest absolute Gasteiger partial charge is 0.504 e. The highest BCUT2D eigenvalue weighted by Crippen LogP contribution is 2.55. The third kappa shape index (κ3) is 2.09. The van der Waals surface area contributed by atoms with Crippen LogP contribution < -0.4 is 10.5 Å². The van der Waals surface area contributed by atoms with E-state index in [1.165, 1.54) is 5.56 Å². The lowest BCUT2D eigenvalue weighted by atomic mass is 9.69. The smallest absolute Gasteiger partial charge is 0.405 e. The summed E-state index contributed by atoms with van der Waals surface area (Å²) in [7, 11) is 2.10. The van der Waals surface area contributed by atoms with Gasteiger partial charge in [-0.2, -0.15) is 0 Å². The van der Waals surface area contributed by atoms with Crippen molar-refractivity contribution < 1.29 is 19.4 Å². The zero-order valence-corrected chi connectivity index (χ0v) is 13.0. The van der Waals surface area contributed by atoms with Crippen molar-refractivity contribution in [3.8, 4) is 11.5 Å². The topological polar surface area (TPSA) is 85.0 Å². The van der Waals surface area contributed by atoms with E-state index in [1.807, 2.05) is 12.1 Å². The van der Waals surface area contributed by atoms with Crippen LogP contribution in [0.1, 0.15) is 24.0 Å². The lowest BCUT2D eigenvalue weighted by Crippen LogP contribution is -2.44. The number of carbonyl (C=O) groups excluding carboxylic acids is 1. The minimum absolute atomic E-state index is 0.162. The third-order valence-electron chi connectivity index (χ3n) is 5.19. The molecule has 1 aromatic carbocycles. The van der Waals surface area contributed by atoms with E-state index in [0.717, 1.165) is 25.1 Å². The number of amides is 1. The summed E-state index contributed by atoms with van der Waals surface area (Å²) in [6.07, 6.45) is 4.10. The molecule has 1 aliphatic carbocycles. The number of rotatable bonds is 1. The van der Waals surface area contributed by atoms with Crippen LogP contribution in [0, 0.1) is 0 Å². The maximum atomic E-state index is 11.0. The van der Waals surface area contributed by atoms with Crippen molar-refractivity contribution in [1.29, 1.82) is 0 Å². The van der Waals surface area contributed by atoms with E-state index in [1.54, 1.807) is 6.07 Å². The van der Waals surface area contributed by atoms with Crippen molar-refractivity contribution in [2.75, 3.05) is 13.6 Å². The fraction of sp³-hybridized carbons (Fsp3) is 0.471. The van der Waals surface area contributed by atoms with Gasteiger partial charge in [0.25, 0.3) is 0 Å². The van der Waals surface area contributed by atoms with Crippen molar-refractivity contribution in [2.45, 2.75) is 37.0 Å². The standard InChI is InChI=1S/C17H20N2O4/c1-19-7-6-17-5-4-11(22-16(18)21)8-13(17)23-15-12(20)3-2-10(9-19)14(15)17/h2-5,11,13,20H,6-9H2,1H3,(H2,18,21)/t11-,13-,17-/m0/s1. The summed E-state index contributed by atoms with van der Waals surface area (Å²) >= 11 is 0. The molecule has 1 spiro atoms. The van der Waals surface area contributed by atoms with Crippen molar-refractivity contribution in [3.05, 3.63) is 35.4 Å². The van der Waals surface area contributed by atoms with Crippen LogP contribution in [0.3, 0.4) is 0 Å². The molecule has 0 aromatic heterocycles. The van der Waals surface area contributed by atoms with Gasteiger partial charge in [-0.05, 0) is 37.7 Å². The van der Waals surface area contributed by atoms with E-state index in [9.17, 15) is 9.90 Å². The van der Waals surface area contributed by atoms with Gasteiger partial charge in [0.2, 0.25) is 0 Å². The molecule has 1 aromatic rings. The molecule has 0 fully saturated rings. The molecule has 0 radical (unpaired) electrons. The van der Waals surface area contributed by atoms with Gasteiger partial charge in [0.1, 0.15) is 12.2 Å². The molecule has 3 aliphatic rings. The predicted molar refractivity (Wildman–Crippen MR) is 83.4 cm³/mol. The summed E-state index contributed by atoms with van der Waals surface area (Å²) in [4.78, 5) is 13.3. The average Bonchev–Trinajstić information content (AvgIpc) is 2.76. The first-order valence-corrected chi connectivity index (χ1v) is 7.85. The van der Waals surface area contributed by atoms with Gasteiger partial charge < -0.3 is 25.2 Å². The van der Waals surface area contributed by atoms with Gasteiger partial charge in [-0.15, -0.1) is 0 Å². The Morgan fingerprint density at radius 2 is 2.35 bits per heavy atom. The van der Waals surface area contributed by atoms with Crippen molar-refractivity contribution in [3.63, 3.8) is 0 Å². The number of phenolic OH excluding ortho intramolecular Hbond substituents is 1. The number of phenols is 1. The monoisotopic (exact) mass is 316 g/mol. The van der Waals surface area contributed by atoms with Gasteiger partial charge in [-0.1, -0.05) is 12.1 Å². The minimum atomic E-state index is -0.782. The number of primary amides is 1. The molecule has 0 unspecified atom stereocenters. The van der Waals surface area contributed by atoms with Crippen LogP contribution in [0.4, 0.5) is 4.79 Å². The van der Waals surface area contributed by atoms with Gasteiger partial charge >= 0.3 is 6.09 Å². The molecule has 0 bridgehead atoms. The van der Waals surface area contributed by atoms with Crippen molar-refractivity contribution in [1.82, 2.24) is 4.90 Å². The number of benzene rings is 1. The highest BCUT2D eigenvalue weighted by Gasteiger charge is 2.53. The number of nitrogens with zero attached hydrogens (tertiary/aromatic N) is 1. The number of ether oxygens (including phenoxy) is 2. The van der Waals surface area contributed by atoms with Gasteiger partial charge in [-0.25, -0.2) is 4.79 Å². The van der Waals surface area contributed by atoms with E-state index in [2.05, 4.69) is 18.0 Å². The quantitative estimate of drug-likeness (QED) is 0.770. The first-order chi connectivity index (χ1) is 11.0. The second-order valence-corrected chi connectivity index (χ2v) is 6.65. The summed E-state index contributed by atoms with van der Waals surface area (Å²) < 4.78 is 11.2. The number of nitrogens with two attached hydrogens (primary N) is 1. The van der Waals surface area contributed by atoms with Crippen molar-refractivity contribution in [2.24, 2.45) is 5.73 Å². The Bertz CT molecular complexity index is 702. The average molecular weight is 316 g/mol. The number of hydrogen-bond acceptors (Lipinski definition) is 5. The van der Waals surface area contributed by atoms with E-state index in [-0.39, 0.29) is 23.4 Å². The molecule has 6 heteroatoms. The van der Waals surface area contributed by atoms with Crippen LogP contribution >= 0.6 is 0 Å². The van der Waals surface area contributed by atoms with Crippen LogP contribution in [0.15, 0.2) is 24.3 Å². The molecule has 2 heterocycles. The lowest BCUT2D eigenvalue weighted by molar-refractivity contribution is 0.0648. The van der Waals surface area contributed by atoms with Gasteiger partial charge in [0.15, 0.2) is 11.5 Å². The molecule has 3 atom stereocenters. The summed E-state index contributed by atoms with van der Waals surface area (Å²) in [5.41, 5.74) is 7.12. The SMILES string of the molecule is CN1CC[C@@]23C=C[C@H](OC(N)=O)C[C@@H]2Oc2c(O)ccc(c23)C1. The Balaban J connectivity index is 1.82. The fourth-order valence-corrected chi connectivity index (χ4v) is 4.15. The molecule has 2 aliphatic heterocycles. The molecule has 6 nitrogen and oxygen atoms in total. The highest BCUT2D eigenvalue weighted by atomic mass is 16.6. The zero-order chi connectivity index (χ0) is 16.2. The van der Waals surface area contributed by atoms with E-state index >= 15 is 0 Å². The van der Waals surface area contributed by atoms with Gasteiger partial charge in [0.05, 0.1) is 5.41 Å². The minimum Gasteiger partial charge on any atom is -0.504 e. The summed E-state index contributed by atoms with van der Waals surface area (Å²) in [6, 6.07) is 3.67. The molecular weight excluding hydrogens is 296 g/mol. The number of carbonyl (C=O) groups is 1. The number of aromatic hydroxyl groups is 1. The van der Waals surface area contributed by atoms with Crippen LogP contribution in [0.2, 0.25) is 0 Å². The molecule has 4 rings (SSSR count). The molecular formula is C17H20N2O4. The van der Waals surface area contributed by atoms with E-state index in [4.69, 9.17) is 15.2 Å². The second-order valence-electron chi connectivity index (χ2n) is 6.65. The first kappa shape index (κ1) is 14.4. The maximum Gasteiger partial charge on any atom is 0.405 e. The molecule has 0 saturated heterocycles. The molecule has 3 N–H and O–H groups in total. The van der Waals surface area contributed by atoms with Crippen LogP contribution in [-0.2, 0) is 16.7 Å². The van der Waals surface area contributed by atoms with Crippen LogP contribution in [0.5, 0.6) is 11.5 Å². The Morgan fingerprint density at radius 1 is 1.52 bits per heavy atom. The zero-order valence-electron chi connectivity index (χ0n) is 13.0. The maximum absolute atomic E-state index is 11.0. The Kier molecular flexibility index (Phi) is 3.06. The molecule has 122 valence electrons. The normalized spacial score (nSPS) is 31.7. The molecule has 1 amide bonds. The lowest BCUT2D eigenvalue weighted by Gasteiger charge is -2.36. The van der Waals surface area contributed by atoms with Gasteiger partial charge in [0, 0.05) is 18.5 Å². The first-order valence-electron chi connectivity index (χ1n) is 7.85. The van der Waals surface area contributed by atoms with Gasteiger partial charge in [-0.3, -0.25) is 0 Å². The van der Waals surface area contributed by atoms with Crippen LogP contribution in [-0.4, -0.2) is 41.9 Å². The number of hydrogen-bond donors (Lipinski definition) is 2. The summed E-state index contributed by atoms with van der Waals surface area (Å²) in [6.45, 7) is 1.76. The Hall–Kier alpha value is -2.21. The summed E-state index contributed by atoms with van der Waals surface area (Å²) in [5, 5.41) is 10.2. The van der Waals surface area contributed by atoms with Crippen LogP contribution in [0.25, 0.3) is 0 Å². The van der Waals surface area contributed by atoms with E-state index in [0.29, 0.717) is 12.2 Å². The summed E-state index contributed by atoms with van der Waals surface area (Å²) in [5.74, 6) is 0.745. The highest BCUT2D eigenvalue weighted by molar-refractivity contribution is 5.65. The fourth-order valence-electron chi connectivity index (χ4n) is 4.15. The third-order valence-corrected chi connectivity index (χ3v) is 5.19. The second kappa shape index (κ2) is 4.89. The predicted octanol–water partition coefficient (Wildman–Crippen LogP) is 1.65. The molecule has 23 heavy (non-hydrogen) atoms. The van der Waals surface area contributed by atoms with Crippen molar-refractivity contribution >= 4 is 6.09 Å². The Labute approximate surface area is 134 Å². The molecule has 0 saturated carbocycles. The Morgan fingerprint density at radius 3 is 3.13 bits per heavy atom. The van der Waals surface area contributed by atoms with E-state index < -0.39 is 6.09 Å².